The molecule has 0 atom stereocenters. The van der Waals surface area contributed by atoms with Crippen LogP contribution in [0.1, 0.15) is 18.1 Å². The van der Waals surface area contributed by atoms with Crippen LogP contribution in [0.15, 0.2) is 42.5 Å². The molecular weight excluding hydrogens is 441 g/mol. The average molecular weight is 454 g/mol. The number of benzene rings is 2. The third-order valence-corrected chi connectivity index (χ3v) is 4.63. The molecule has 6 heteroatoms. The van der Waals surface area contributed by atoms with Crippen LogP contribution < -0.4 is 4.90 Å². The van der Waals surface area contributed by atoms with E-state index < -0.39 is 5.91 Å². The van der Waals surface area contributed by atoms with E-state index in [2.05, 4.69) is 22.6 Å². The maximum Gasteiger partial charge on any atom is 0.269 e. The first kappa shape index (κ1) is 17.0. The van der Waals surface area contributed by atoms with Gasteiger partial charge in [-0.3, -0.25) is 9.59 Å². The van der Waals surface area contributed by atoms with Crippen molar-refractivity contribution in [1.82, 2.24) is 0 Å². The van der Waals surface area contributed by atoms with Crippen LogP contribution in [-0.4, -0.2) is 18.9 Å². The topological polar surface area (TPSA) is 46.6 Å². The van der Waals surface area contributed by atoms with Gasteiger partial charge in [0.1, 0.15) is 5.76 Å². The fraction of sp³-hybridized carbons (Fsp3) is 0.111. The van der Waals surface area contributed by atoms with Gasteiger partial charge < -0.3 is 4.74 Å². The number of methoxy groups -OCH3 is 1. The van der Waals surface area contributed by atoms with Gasteiger partial charge in [0.15, 0.2) is 0 Å². The molecule has 24 heavy (non-hydrogen) atoms. The molecule has 0 fully saturated rings. The van der Waals surface area contributed by atoms with Crippen molar-refractivity contribution < 1.29 is 14.3 Å². The Kier molecular flexibility index (Phi) is 4.64. The van der Waals surface area contributed by atoms with Gasteiger partial charge in [-0.15, -0.1) is 0 Å². The lowest BCUT2D eigenvalue weighted by Gasteiger charge is -2.13. The number of hydrogen-bond donors (Lipinski definition) is 0. The van der Waals surface area contributed by atoms with Crippen LogP contribution in [0.25, 0.3) is 11.3 Å². The first-order chi connectivity index (χ1) is 11.4. The number of rotatable bonds is 2. The third-order valence-electron chi connectivity index (χ3n) is 3.72. The highest BCUT2D eigenvalue weighted by molar-refractivity contribution is 14.1. The fourth-order valence-corrected chi connectivity index (χ4v) is 3.47. The Morgan fingerprint density at radius 2 is 1.96 bits per heavy atom. The van der Waals surface area contributed by atoms with E-state index >= 15 is 0 Å². The minimum Gasteiger partial charge on any atom is -0.495 e. The molecular formula is C18H13ClINO3. The molecule has 1 aliphatic heterocycles. The van der Waals surface area contributed by atoms with Crippen LogP contribution in [-0.2, 0) is 14.3 Å². The predicted octanol–water partition coefficient (Wildman–Crippen LogP) is 4.35. The Morgan fingerprint density at radius 1 is 1.21 bits per heavy atom. The van der Waals surface area contributed by atoms with Gasteiger partial charge in [-0.25, -0.2) is 4.90 Å². The zero-order valence-corrected chi connectivity index (χ0v) is 15.9. The number of imide groups is 1. The summed E-state index contributed by atoms with van der Waals surface area (Å²) in [5, 5.41) is 0.460. The van der Waals surface area contributed by atoms with E-state index in [0.717, 1.165) is 14.0 Å². The second-order valence-electron chi connectivity index (χ2n) is 5.24. The van der Waals surface area contributed by atoms with Crippen molar-refractivity contribution in [1.29, 1.82) is 0 Å². The highest BCUT2D eigenvalue weighted by Crippen LogP contribution is 2.42. The Balaban J connectivity index is 2.30. The van der Waals surface area contributed by atoms with Crippen molar-refractivity contribution in [2.24, 2.45) is 0 Å². The summed E-state index contributed by atoms with van der Waals surface area (Å²) >= 11 is 8.24. The molecule has 4 nitrogen and oxygen atoms in total. The number of halogens is 2. The van der Waals surface area contributed by atoms with Crippen molar-refractivity contribution in [3.05, 3.63) is 62.2 Å². The zero-order valence-electron chi connectivity index (χ0n) is 13.0. The van der Waals surface area contributed by atoms with Crippen LogP contribution in [0, 0.1) is 3.57 Å². The highest BCUT2D eigenvalue weighted by atomic mass is 127. The SMILES string of the molecule is COC(=C1C(=O)N(C(C)=O)c2cc(Cl)ccc21)c1cccc(I)c1. The van der Waals surface area contributed by atoms with Crippen LogP contribution >= 0.6 is 34.2 Å². The molecule has 2 amide bonds. The van der Waals surface area contributed by atoms with E-state index in [1.54, 1.807) is 18.2 Å². The van der Waals surface area contributed by atoms with Crippen molar-refractivity contribution >= 4 is 63.0 Å². The van der Waals surface area contributed by atoms with Crippen LogP contribution in [0.3, 0.4) is 0 Å². The molecule has 0 spiro atoms. The Morgan fingerprint density at radius 3 is 2.58 bits per heavy atom. The lowest BCUT2D eigenvalue weighted by molar-refractivity contribution is -0.122. The largest absolute Gasteiger partial charge is 0.495 e. The van der Waals surface area contributed by atoms with E-state index in [-0.39, 0.29) is 5.91 Å². The molecule has 0 unspecified atom stereocenters. The van der Waals surface area contributed by atoms with Gasteiger partial charge >= 0.3 is 0 Å². The summed E-state index contributed by atoms with van der Waals surface area (Å²) in [4.78, 5) is 26.0. The molecule has 0 aromatic heterocycles. The molecule has 1 heterocycles. The summed E-state index contributed by atoms with van der Waals surface area (Å²) < 4.78 is 6.56. The summed E-state index contributed by atoms with van der Waals surface area (Å²) in [6.07, 6.45) is 0. The van der Waals surface area contributed by atoms with Gasteiger partial charge in [0, 0.05) is 26.6 Å². The minimum atomic E-state index is -0.407. The third kappa shape index (κ3) is 2.82. The molecule has 2 aromatic carbocycles. The zero-order chi connectivity index (χ0) is 17.4. The summed E-state index contributed by atoms with van der Waals surface area (Å²) in [6.45, 7) is 1.35. The molecule has 1 aliphatic rings. The average Bonchev–Trinajstić information content (AvgIpc) is 2.80. The molecule has 0 saturated heterocycles. The smallest absolute Gasteiger partial charge is 0.269 e. The summed E-state index contributed by atoms with van der Waals surface area (Å²) in [5.74, 6) is -0.335. The first-order valence-electron chi connectivity index (χ1n) is 7.13. The van der Waals surface area contributed by atoms with E-state index in [1.807, 2.05) is 24.3 Å². The van der Waals surface area contributed by atoms with E-state index in [4.69, 9.17) is 16.3 Å². The summed E-state index contributed by atoms with van der Waals surface area (Å²) in [7, 11) is 1.52. The predicted molar refractivity (Wildman–Crippen MR) is 103 cm³/mol. The van der Waals surface area contributed by atoms with Gasteiger partial charge in [0.25, 0.3) is 5.91 Å². The lowest BCUT2D eigenvalue weighted by Crippen LogP contribution is -2.31. The van der Waals surface area contributed by atoms with Crippen LogP contribution in [0.4, 0.5) is 5.69 Å². The monoisotopic (exact) mass is 453 g/mol. The Hall–Kier alpha value is -1.86. The second-order valence-corrected chi connectivity index (χ2v) is 6.92. The second kappa shape index (κ2) is 6.57. The van der Waals surface area contributed by atoms with Gasteiger partial charge in [-0.1, -0.05) is 29.8 Å². The summed E-state index contributed by atoms with van der Waals surface area (Å²) in [6, 6.07) is 12.7. The van der Waals surface area contributed by atoms with Gasteiger partial charge in [-0.2, -0.15) is 0 Å². The Bertz CT molecular complexity index is 892. The maximum atomic E-state index is 12.9. The van der Waals surface area contributed by atoms with Crippen molar-refractivity contribution in [3.8, 4) is 0 Å². The van der Waals surface area contributed by atoms with Crippen molar-refractivity contribution in [2.45, 2.75) is 6.92 Å². The Labute approximate surface area is 158 Å². The number of fused-ring (bicyclic) bond motifs is 1. The number of hydrogen-bond acceptors (Lipinski definition) is 3. The molecule has 2 aromatic rings. The highest BCUT2D eigenvalue weighted by Gasteiger charge is 2.38. The molecule has 0 saturated carbocycles. The van der Waals surface area contributed by atoms with Crippen molar-refractivity contribution in [2.75, 3.05) is 12.0 Å². The van der Waals surface area contributed by atoms with E-state index in [0.29, 0.717) is 27.6 Å². The molecule has 3 rings (SSSR count). The number of ether oxygens (including phenoxy) is 1. The lowest BCUT2D eigenvalue weighted by atomic mass is 10.0. The molecule has 0 bridgehead atoms. The van der Waals surface area contributed by atoms with Crippen LogP contribution in [0.2, 0.25) is 5.02 Å². The van der Waals surface area contributed by atoms with Crippen LogP contribution in [0.5, 0.6) is 0 Å². The van der Waals surface area contributed by atoms with Gasteiger partial charge in [-0.05, 0) is 46.9 Å². The maximum absolute atomic E-state index is 12.9. The number of anilines is 1. The molecule has 0 N–H and O–H groups in total. The standard InChI is InChI=1S/C18H13ClINO3/c1-10(22)21-15-9-12(19)6-7-14(15)16(18(21)23)17(24-2)11-4-3-5-13(20)8-11/h3-9H,1-2H3. The quantitative estimate of drug-likeness (QED) is 0.386. The minimum absolute atomic E-state index is 0.362. The molecule has 122 valence electrons. The van der Waals surface area contributed by atoms with Crippen molar-refractivity contribution in [3.63, 3.8) is 0 Å². The number of nitrogens with zero attached hydrogens (tertiary/aromatic N) is 1. The number of amides is 2. The van der Waals surface area contributed by atoms with E-state index in [1.165, 1.54) is 14.0 Å². The first-order valence-corrected chi connectivity index (χ1v) is 8.59. The fourth-order valence-electron chi connectivity index (χ4n) is 2.76. The normalized spacial score (nSPS) is 15.3. The van der Waals surface area contributed by atoms with Gasteiger partial charge in [0.2, 0.25) is 5.91 Å². The molecule has 0 aliphatic carbocycles. The summed E-state index contributed by atoms with van der Waals surface area (Å²) in [5.41, 5.74) is 2.26. The number of carbonyl (C=O) groups excluding carboxylic acids is 2. The molecule has 0 radical (unpaired) electrons. The number of carbonyl (C=O) groups is 2. The van der Waals surface area contributed by atoms with Gasteiger partial charge in [0.05, 0.1) is 18.4 Å². The van der Waals surface area contributed by atoms with E-state index in [9.17, 15) is 9.59 Å².